The van der Waals surface area contributed by atoms with E-state index < -0.39 is 10.0 Å². The predicted octanol–water partition coefficient (Wildman–Crippen LogP) is 4.21. The van der Waals surface area contributed by atoms with Crippen LogP contribution in [0.4, 0.5) is 5.69 Å². The van der Waals surface area contributed by atoms with Crippen LogP contribution in [0.2, 0.25) is 10.0 Å². The van der Waals surface area contributed by atoms with Crippen molar-refractivity contribution in [3.63, 3.8) is 0 Å². The third-order valence-corrected chi connectivity index (χ3v) is 6.61. The van der Waals surface area contributed by atoms with E-state index in [-0.39, 0.29) is 31.3 Å². The molecule has 0 aliphatic heterocycles. The Morgan fingerprint density at radius 3 is 2.56 bits per heavy atom. The van der Waals surface area contributed by atoms with Gasteiger partial charge in [-0.25, -0.2) is 8.42 Å². The first-order valence-electron chi connectivity index (χ1n) is 9.74. The monoisotopic (exact) mass is 496 g/mol. The van der Waals surface area contributed by atoms with Gasteiger partial charge >= 0.3 is 0 Å². The van der Waals surface area contributed by atoms with Crippen LogP contribution in [-0.2, 0) is 21.4 Å². The summed E-state index contributed by atoms with van der Waals surface area (Å²) in [6.45, 7) is 1.95. The summed E-state index contributed by atoms with van der Waals surface area (Å²) >= 11 is 12.3. The lowest BCUT2D eigenvalue weighted by Gasteiger charge is -2.24. The number of rotatable bonds is 9. The van der Waals surface area contributed by atoms with Crippen molar-refractivity contribution in [3.8, 4) is 11.4 Å². The fraction of sp³-hybridized carbons (Fsp3) is 0.286. The summed E-state index contributed by atoms with van der Waals surface area (Å²) in [4.78, 5) is 16.5. The summed E-state index contributed by atoms with van der Waals surface area (Å²) in [5, 5.41) is 7.55. The number of benzene rings is 2. The maximum absolute atomic E-state index is 12.3. The Morgan fingerprint density at radius 2 is 1.84 bits per heavy atom. The number of halogens is 2. The second kappa shape index (κ2) is 10.3. The molecule has 0 atom stereocenters. The van der Waals surface area contributed by atoms with E-state index in [0.717, 1.165) is 6.26 Å². The van der Waals surface area contributed by atoms with Crippen molar-refractivity contribution >= 4 is 44.8 Å². The first kappa shape index (κ1) is 24.0. The number of anilines is 1. The Labute approximate surface area is 196 Å². The van der Waals surface area contributed by atoms with Gasteiger partial charge in [-0.1, -0.05) is 46.6 Å². The molecular weight excluding hydrogens is 475 g/mol. The predicted molar refractivity (Wildman–Crippen MR) is 124 cm³/mol. The second-order valence-corrected chi connectivity index (χ2v) is 9.81. The first-order valence-corrected chi connectivity index (χ1v) is 12.3. The average molecular weight is 497 g/mol. The molecule has 1 heterocycles. The van der Waals surface area contributed by atoms with Gasteiger partial charge in [-0.2, -0.15) is 4.98 Å². The van der Waals surface area contributed by atoms with Gasteiger partial charge in [-0.05, 0) is 43.2 Å². The van der Waals surface area contributed by atoms with Gasteiger partial charge in [-0.15, -0.1) is 0 Å². The van der Waals surface area contributed by atoms with E-state index in [1.54, 1.807) is 43.3 Å². The number of amides is 1. The molecular formula is C21H22Cl2N4O4S. The Morgan fingerprint density at radius 1 is 1.12 bits per heavy atom. The van der Waals surface area contributed by atoms with E-state index in [9.17, 15) is 13.2 Å². The van der Waals surface area contributed by atoms with Crippen LogP contribution in [0, 0.1) is 6.92 Å². The molecule has 8 nitrogen and oxygen atoms in total. The third kappa shape index (κ3) is 5.99. The van der Waals surface area contributed by atoms with Crippen molar-refractivity contribution < 1.29 is 17.7 Å². The molecule has 0 unspecified atom stereocenters. The van der Waals surface area contributed by atoms with Crippen LogP contribution in [0.1, 0.15) is 24.3 Å². The van der Waals surface area contributed by atoms with Gasteiger partial charge in [-0.3, -0.25) is 9.10 Å². The number of carbonyl (C=O) groups excluding carboxylic acids is 1. The minimum atomic E-state index is -3.54. The smallest absolute Gasteiger partial charge is 0.246 e. The zero-order valence-electron chi connectivity index (χ0n) is 17.5. The first-order chi connectivity index (χ1) is 15.2. The van der Waals surface area contributed by atoms with Crippen LogP contribution in [-0.4, -0.2) is 37.3 Å². The molecule has 0 saturated heterocycles. The molecule has 0 radical (unpaired) electrons. The van der Waals surface area contributed by atoms with Crippen molar-refractivity contribution in [1.82, 2.24) is 15.5 Å². The molecule has 0 spiro atoms. The van der Waals surface area contributed by atoms with Gasteiger partial charge < -0.3 is 9.84 Å². The van der Waals surface area contributed by atoms with E-state index in [0.29, 0.717) is 39.1 Å². The molecule has 3 aromatic rings. The molecule has 32 heavy (non-hydrogen) atoms. The molecule has 1 amide bonds. The lowest BCUT2D eigenvalue weighted by Crippen LogP contribution is -2.32. The fourth-order valence-corrected chi connectivity index (χ4v) is 4.46. The van der Waals surface area contributed by atoms with Crippen LogP contribution < -0.4 is 9.62 Å². The Kier molecular flexibility index (Phi) is 7.76. The van der Waals surface area contributed by atoms with Crippen LogP contribution in [0.15, 0.2) is 47.0 Å². The van der Waals surface area contributed by atoms with E-state index in [1.807, 2.05) is 6.07 Å². The van der Waals surface area contributed by atoms with Crippen molar-refractivity contribution in [2.45, 2.75) is 26.3 Å². The zero-order valence-corrected chi connectivity index (χ0v) is 19.8. The summed E-state index contributed by atoms with van der Waals surface area (Å²) in [6.07, 6.45) is 1.57. The van der Waals surface area contributed by atoms with Gasteiger partial charge in [0, 0.05) is 23.6 Å². The van der Waals surface area contributed by atoms with E-state index in [4.69, 9.17) is 27.7 Å². The Hall–Kier alpha value is -2.62. The number of nitrogens with one attached hydrogen (secondary N) is 1. The molecule has 0 saturated carbocycles. The number of hydrogen-bond acceptors (Lipinski definition) is 6. The van der Waals surface area contributed by atoms with Crippen molar-refractivity contribution in [2.24, 2.45) is 0 Å². The Bertz CT molecular complexity index is 1210. The highest BCUT2D eigenvalue weighted by atomic mass is 35.5. The number of hydrogen-bond donors (Lipinski definition) is 1. The van der Waals surface area contributed by atoms with Crippen molar-refractivity contribution in [2.75, 3.05) is 17.1 Å². The van der Waals surface area contributed by atoms with Crippen LogP contribution in [0.25, 0.3) is 11.4 Å². The second-order valence-electron chi connectivity index (χ2n) is 7.09. The zero-order chi connectivity index (χ0) is 23.3. The molecule has 2 aromatic carbocycles. The summed E-state index contributed by atoms with van der Waals surface area (Å²) < 4.78 is 31.0. The van der Waals surface area contributed by atoms with E-state index in [2.05, 4.69) is 15.5 Å². The molecule has 1 aromatic heterocycles. The van der Waals surface area contributed by atoms with Gasteiger partial charge in [0.05, 0.1) is 23.5 Å². The minimum absolute atomic E-state index is 0.0550. The number of sulfonamides is 1. The fourth-order valence-electron chi connectivity index (χ4n) is 3.06. The van der Waals surface area contributed by atoms with Gasteiger partial charge in [0.1, 0.15) is 0 Å². The normalized spacial score (nSPS) is 11.4. The minimum Gasteiger partial charge on any atom is -0.347 e. The van der Waals surface area contributed by atoms with Gasteiger partial charge in [0.15, 0.2) is 0 Å². The number of aromatic nitrogens is 2. The highest BCUT2D eigenvalue weighted by molar-refractivity contribution is 7.92. The molecule has 0 aliphatic carbocycles. The molecule has 0 aliphatic rings. The number of nitrogens with zero attached hydrogens (tertiary/aromatic N) is 3. The maximum atomic E-state index is 12.3. The van der Waals surface area contributed by atoms with E-state index >= 15 is 0 Å². The molecule has 0 bridgehead atoms. The third-order valence-electron chi connectivity index (χ3n) is 4.69. The number of carbonyl (C=O) groups is 1. The lowest BCUT2D eigenvalue weighted by atomic mass is 10.2. The SMILES string of the molecule is Cc1c(Cl)cccc1N(CCCC(=O)NCc1nc(-c2ccccc2Cl)no1)S(C)(=O)=O. The van der Waals surface area contributed by atoms with Crippen molar-refractivity contribution in [3.05, 3.63) is 64.0 Å². The van der Waals surface area contributed by atoms with Gasteiger partial charge in [0.25, 0.3) is 0 Å². The van der Waals surface area contributed by atoms with Crippen LogP contribution in [0.5, 0.6) is 0 Å². The molecule has 3 rings (SSSR count). The van der Waals surface area contributed by atoms with Crippen LogP contribution in [0.3, 0.4) is 0 Å². The molecule has 170 valence electrons. The summed E-state index contributed by atoms with van der Waals surface area (Å²) in [6, 6.07) is 12.2. The van der Waals surface area contributed by atoms with Crippen molar-refractivity contribution in [1.29, 1.82) is 0 Å². The molecule has 1 N–H and O–H groups in total. The Balaban J connectivity index is 1.54. The lowest BCUT2D eigenvalue weighted by molar-refractivity contribution is -0.121. The standard InChI is InChI=1S/C21H22Cl2N4O4S/c1-14-16(22)9-5-10-18(14)27(32(2,29)30)12-6-11-19(28)24-13-20-25-21(26-31-20)15-7-3-4-8-17(15)23/h3-5,7-10H,6,11-13H2,1-2H3,(H,24,28). The summed E-state index contributed by atoms with van der Waals surface area (Å²) in [5.41, 5.74) is 1.79. The molecule has 0 fully saturated rings. The summed E-state index contributed by atoms with van der Waals surface area (Å²) in [5.74, 6) is 0.305. The summed E-state index contributed by atoms with van der Waals surface area (Å²) in [7, 11) is -3.54. The highest BCUT2D eigenvalue weighted by Crippen LogP contribution is 2.28. The molecule has 11 heteroatoms. The van der Waals surface area contributed by atoms with Gasteiger partial charge in [0.2, 0.25) is 27.6 Å². The highest BCUT2D eigenvalue weighted by Gasteiger charge is 2.20. The largest absolute Gasteiger partial charge is 0.347 e. The maximum Gasteiger partial charge on any atom is 0.246 e. The van der Waals surface area contributed by atoms with Crippen LogP contribution >= 0.6 is 23.2 Å². The van der Waals surface area contributed by atoms with E-state index in [1.165, 1.54) is 4.31 Å². The topological polar surface area (TPSA) is 105 Å². The quantitative estimate of drug-likeness (QED) is 0.475. The average Bonchev–Trinajstić information content (AvgIpc) is 3.20.